The highest BCUT2D eigenvalue weighted by molar-refractivity contribution is 5.85. The number of hydrogen-bond acceptors (Lipinski definition) is 1. The molecule has 0 saturated heterocycles. The second-order valence-electron chi connectivity index (χ2n) is 3.63. The number of rotatable bonds is 2. The van der Waals surface area contributed by atoms with Crippen LogP contribution in [0.5, 0.6) is 5.75 Å². The number of alkyl halides is 3. The van der Waals surface area contributed by atoms with Crippen LogP contribution in [0, 0.1) is 0 Å². The first-order valence-electron chi connectivity index (χ1n) is 5.25. The molecular formula is C13H11F3O. The molecule has 90 valence electrons. The summed E-state index contributed by atoms with van der Waals surface area (Å²) in [6.07, 6.45) is -4.39. The van der Waals surface area contributed by atoms with Crippen LogP contribution in [0.25, 0.3) is 10.8 Å². The number of fused-ring (bicyclic) bond motifs is 1. The second-order valence-corrected chi connectivity index (χ2v) is 3.63. The van der Waals surface area contributed by atoms with Crippen molar-refractivity contribution in [3.63, 3.8) is 0 Å². The Hall–Kier alpha value is -1.71. The van der Waals surface area contributed by atoms with Gasteiger partial charge >= 0.3 is 6.18 Å². The maximum Gasteiger partial charge on any atom is 0.419 e. The Morgan fingerprint density at radius 1 is 1.06 bits per heavy atom. The highest BCUT2D eigenvalue weighted by atomic mass is 19.4. The summed E-state index contributed by atoms with van der Waals surface area (Å²) in [5.41, 5.74) is -0.724. The van der Waals surface area contributed by atoms with Crippen molar-refractivity contribution in [2.45, 2.75) is 13.1 Å². The van der Waals surface area contributed by atoms with Gasteiger partial charge in [0.05, 0.1) is 12.2 Å². The molecule has 2 rings (SSSR count). The summed E-state index contributed by atoms with van der Waals surface area (Å²) in [7, 11) is 0. The van der Waals surface area contributed by atoms with E-state index in [9.17, 15) is 13.2 Å². The number of halogens is 3. The van der Waals surface area contributed by atoms with Gasteiger partial charge in [0.1, 0.15) is 5.75 Å². The molecule has 17 heavy (non-hydrogen) atoms. The Morgan fingerprint density at radius 2 is 1.65 bits per heavy atom. The molecule has 0 heterocycles. The van der Waals surface area contributed by atoms with Gasteiger partial charge in [-0.05, 0) is 29.8 Å². The van der Waals surface area contributed by atoms with E-state index in [0.717, 1.165) is 11.5 Å². The highest BCUT2D eigenvalue weighted by Gasteiger charge is 2.34. The van der Waals surface area contributed by atoms with E-state index in [-0.39, 0.29) is 12.4 Å². The first-order valence-corrected chi connectivity index (χ1v) is 5.25. The van der Waals surface area contributed by atoms with E-state index in [1.54, 1.807) is 31.2 Å². The zero-order valence-electron chi connectivity index (χ0n) is 9.21. The Labute approximate surface area is 96.8 Å². The first kappa shape index (κ1) is 11.8. The van der Waals surface area contributed by atoms with Crippen LogP contribution in [0.4, 0.5) is 13.2 Å². The van der Waals surface area contributed by atoms with Crippen LogP contribution < -0.4 is 4.74 Å². The molecule has 2 aromatic rings. The molecule has 2 aromatic carbocycles. The Kier molecular flexibility index (Phi) is 2.96. The van der Waals surface area contributed by atoms with Crippen molar-refractivity contribution >= 4 is 10.8 Å². The third-order valence-electron chi connectivity index (χ3n) is 2.45. The monoisotopic (exact) mass is 240 g/mol. The molecule has 4 heteroatoms. The van der Waals surface area contributed by atoms with Crippen molar-refractivity contribution in [3.8, 4) is 5.75 Å². The fourth-order valence-corrected chi connectivity index (χ4v) is 1.72. The largest absolute Gasteiger partial charge is 0.493 e. The van der Waals surface area contributed by atoms with E-state index in [1.807, 2.05) is 0 Å². The zero-order chi connectivity index (χ0) is 12.5. The van der Waals surface area contributed by atoms with Gasteiger partial charge in [-0.25, -0.2) is 0 Å². The summed E-state index contributed by atoms with van der Waals surface area (Å²) in [5, 5.41) is 1.30. The van der Waals surface area contributed by atoms with Crippen LogP contribution in [-0.4, -0.2) is 6.61 Å². The standard InChI is InChI=1S/C13H11F3O/c1-2-17-12-8-10-6-4-3-5-9(10)7-11(12)13(14,15)16/h3-8H,2H2,1H3. The zero-order valence-corrected chi connectivity index (χ0v) is 9.21. The normalized spacial score (nSPS) is 11.8. The minimum absolute atomic E-state index is 0.112. The molecule has 0 N–H and O–H groups in total. The van der Waals surface area contributed by atoms with Crippen molar-refractivity contribution in [1.82, 2.24) is 0 Å². The molecule has 0 fully saturated rings. The molecule has 0 bridgehead atoms. The van der Waals surface area contributed by atoms with Crippen molar-refractivity contribution in [2.75, 3.05) is 6.61 Å². The maximum atomic E-state index is 12.8. The quantitative estimate of drug-likeness (QED) is 0.762. The van der Waals surface area contributed by atoms with E-state index >= 15 is 0 Å². The Bertz CT molecular complexity index is 532. The highest BCUT2D eigenvalue weighted by Crippen LogP contribution is 2.38. The van der Waals surface area contributed by atoms with E-state index in [2.05, 4.69) is 0 Å². The molecule has 0 aliphatic rings. The molecule has 0 saturated carbocycles. The summed E-state index contributed by atoms with van der Waals surface area (Å²) in [4.78, 5) is 0. The van der Waals surface area contributed by atoms with E-state index in [1.165, 1.54) is 6.07 Å². The van der Waals surface area contributed by atoms with Crippen LogP contribution in [0.3, 0.4) is 0 Å². The molecule has 0 aromatic heterocycles. The van der Waals surface area contributed by atoms with Crippen molar-refractivity contribution in [3.05, 3.63) is 42.0 Å². The lowest BCUT2D eigenvalue weighted by atomic mass is 10.1. The summed E-state index contributed by atoms with van der Waals surface area (Å²) >= 11 is 0. The summed E-state index contributed by atoms with van der Waals surface area (Å²) in [5.74, 6) is -0.112. The van der Waals surface area contributed by atoms with Crippen molar-refractivity contribution in [2.24, 2.45) is 0 Å². The Balaban J connectivity index is 2.66. The molecular weight excluding hydrogens is 229 g/mol. The maximum absolute atomic E-state index is 12.8. The summed E-state index contributed by atoms with van der Waals surface area (Å²) in [6.45, 7) is 1.87. The average molecular weight is 240 g/mol. The number of hydrogen-bond donors (Lipinski definition) is 0. The number of ether oxygens (including phenoxy) is 1. The molecule has 0 aliphatic heterocycles. The third-order valence-corrected chi connectivity index (χ3v) is 2.45. The summed E-state index contributed by atoms with van der Waals surface area (Å²) < 4.78 is 43.5. The van der Waals surface area contributed by atoms with E-state index < -0.39 is 11.7 Å². The smallest absolute Gasteiger partial charge is 0.419 e. The fourth-order valence-electron chi connectivity index (χ4n) is 1.72. The third kappa shape index (κ3) is 2.35. The van der Waals surface area contributed by atoms with Gasteiger partial charge < -0.3 is 4.74 Å². The van der Waals surface area contributed by atoms with Crippen molar-refractivity contribution < 1.29 is 17.9 Å². The summed E-state index contributed by atoms with van der Waals surface area (Å²) in [6, 6.07) is 9.47. The van der Waals surface area contributed by atoms with Crippen LogP contribution in [0.15, 0.2) is 36.4 Å². The van der Waals surface area contributed by atoms with Crippen LogP contribution in [0.2, 0.25) is 0 Å². The van der Waals surface area contributed by atoms with Gasteiger partial charge in [0, 0.05) is 0 Å². The van der Waals surface area contributed by atoms with E-state index in [4.69, 9.17) is 4.74 Å². The van der Waals surface area contributed by atoms with Crippen LogP contribution in [0.1, 0.15) is 12.5 Å². The average Bonchev–Trinajstić information content (AvgIpc) is 2.27. The molecule has 1 nitrogen and oxygen atoms in total. The molecule has 0 spiro atoms. The van der Waals surface area contributed by atoms with Crippen molar-refractivity contribution in [1.29, 1.82) is 0 Å². The van der Waals surface area contributed by atoms with Gasteiger partial charge in [-0.15, -0.1) is 0 Å². The lowest BCUT2D eigenvalue weighted by molar-refractivity contribution is -0.138. The minimum atomic E-state index is -4.39. The van der Waals surface area contributed by atoms with Gasteiger partial charge in [0.25, 0.3) is 0 Å². The predicted octanol–water partition coefficient (Wildman–Crippen LogP) is 4.26. The Morgan fingerprint density at radius 3 is 2.18 bits per heavy atom. The minimum Gasteiger partial charge on any atom is -0.493 e. The van der Waals surface area contributed by atoms with Gasteiger partial charge in [-0.3, -0.25) is 0 Å². The molecule has 0 amide bonds. The molecule has 0 atom stereocenters. The topological polar surface area (TPSA) is 9.23 Å². The molecule has 0 aliphatic carbocycles. The van der Waals surface area contributed by atoms with Gasteiger partial charge in [0.2, 0.25) is 0 Å². The predicted molar refractivity (Wildman–Crippen MR) is 60.1 cm³/mol. The lowest BCUT2D eigenvalue weighted by Gasteiger charge is -2.14. The number of benzene rings is 2. The van der Waals surface area contributed by atoms with E-state index in [0.29, 0.717) is 5.39 Å². The van der Waals surface area contributed by atoms with Gasteiger partial charge in [-0.2, -0.15) is 13.2 Å². The van der Waals surface area contributed by atoms with Crippen LogP contribution >= 0.6 is 0 Å². The first-order chi connectivity index (χ1) is 8.02. The van der Waals surface area contributed by atoms with Crippen LogP contribution in [-0.2, 0) is 6.18 Å². The van der Waals surface area contributed by atoms with Gasteiger partial charge in [0.15, 0.2) is 0 Å². The molecule has 0 radical (unpaired) electrons. The lowest BCUT2D eigenvalue weighted by Crippen LogP contribution is -2.08. The SMILES string of the molecule is CCOc1cc2ccccc2cc1C(F)(F)F. The van der Waals surface area contributed by atoms with Gasteiger partial charge in [-0.1, -0.05) is 24.3 Å². The molecule has 0 unspecified atom stereocenters. The fraction of sp³-hybridized carbons (Fsp3) is 0.231. The second kappa shape index (κ2) is 4.28.